The molecule has 8 rings (SSSR count). The van der Waals surface area contributed by atoms with Gasteiger partial charge >= 0.3 is 12.1 Å². The molecule has 2 atom stereocenters. The summed E-state index contributed by atoms with van der Waals surface area (Å²) in [7, 11) is 0. The van der Waals surface area contributed by atoms with Crippen molar-refractivity contribution in [3.05, 3.63) is 44.6 Å². The number of hydrogen-bond acceptors (Lipinski definition) is 7. The number of hydrogen-bond donors (Lipinski definition) is 3. The number of piperazine rings is 1. The molecule has 6 aliphatic heterocycles. The number of amides is 5. The van der Waals surface area contributed by atoms with Crippen molar-refractivity contribution in [1.29, 1.82) is 0 Å². The molecule has 5 fully saturated rings. The summed E-state index contributed by atoms with van der Waals surface area (Å²) in [4.78, 5) is 51.6. The molecule has 7 heterocycles. The molecule has 6 aliphatic rings. The van der Waals surface area contributed by atoms with Crippen molar-refractivity contribution < 1.29 is 14.4 Å². The van der Waals surface area contributed by atoms with Crippen LogP contribution in [0, 0.1) is 18.3 Å². The smallest absolute Gasteiger partial charge is 0.322 e. The largest absolute Gasteiger partial charge is 0.397 e. The van der Waals surface area contributed by atoms with E-state index in [1.165, 1.54) is 31.5 Å². The zero-order valence-corrected chi connectivity index (χ0v) is 28.9. The number of rotatable bonds is 6. The second-order valence-corrected chi connectivity index (χ2v) is 15.0. The number of nitrogens with one attached hydrogen (secondary N) is 2. The van der Waals surface area contributed by atoms with Gasteiger partial charge in [0.2, 0.25) is 5.91 Å². The first-order chi connectivity index (χ1) is 23.3. The van der Waals surface area contributed by atoms with Gasteiger partial charge in [0.15, 0.2) is 0 Å². The Morgan fingerprint density at radius 1 is 1.02 bits per heavy atom. The number of terminal acetylenes is 1. The lowest BCUT2D eigenvalue weighted by Gasteiger charge is -2.51. The first-order valence-corrected chi connectivity index (χ1v) is 18.6. The lowest BCUT2D eigenvalue weighted by atomic mass is 9.83. The fraction of sp³-hybridized carbons (Fsp3) is 0.571. The molecule has 2 aromatic rings. The standard InChI is InChI=1S/C35H45ClN8O3S/c1-2-24-17-23(18-28(36)32(24)37)19-29(33(45)42-15-13-41(14-16-42)31-20-40-8-3-25(31)4-9-40)38-34(46)43-10-6-27(7-11-43)44-12-5-26-21-48-22-30(26)39-35(44)47/h1,17-18,21-22,25,27,29,31H,3-16,19-20,37H2,(H,38,46)(H,39,47)/t29-,31?/m1/s1. The SMILES string of the molecule is C#Cc1cc(C[C@@H](NC(=O)N2CCC(N3CCc4cscc4NC3=O)CC2)C(=O)N2CCN(C3CN4CCC3CC4)CC2)cc(Cl)c1N. The average molecular weight is 693 g/mol. The number of carbonyl (C=O) groups excluding carboxylic acids is 3. The quantitative estimate of drug-likeness (QED) is 0.316. The van der Waals surface area contributed by atoms with Crippen molar-refractivity contribution in [3.63, 3.8) is 0 Å². The highest BCUT2D eigenvalue weighted by atomic mass is 35.5. The molecule has 5 saturated heterocycles. The van der Waals surface area contributed by atoms with Crippen LogP contribution in [0.3, 0.4) is 0 Å². The van der Waals surface area contributed by atoms with Crippen molar-refractivity contribution in [2.45, 2.75) is 56.7 Å². The summed E-state index contributed by atoms with van der Waals surface area (Å²) in [6, 6.07) is 2.96. The van der Waals surface area contributed by atoms with Crippen molar-refractivity contribution in [2.24, 2.45) is 5.92 Å². The van der Waals surface area contributed by atoms with Crippen molar-refractivity contribution >= 4 is 52.3 Å². The molecule has 11 nitrogen and oxygen atoms in total. The maximum absolute atomic E-state index is 14.2. The second-order valence-electron chi connectivity index (χ2n) is 13.9. The van der Waals surface area contributed by atoms with Crippen LogP contribution >= 0.6 is 22.9 Å². The van der Waals surface area contributed by atoms with Gasteiger partial charge in [-0.05, 0) is 79.8 Å². The number of thiophene rings is 1. The number of urea groups is 2. The number of benzene rings is 1. The monoisotopic (exact) mass is 692 g/mol. The summed E-state index contributed by atoms with van der Waals surface area (Å²) < 4.78 is 0. The third kappa shape index (κ3) is 6.83. The van der Waals surface area contributed by atoms with Gasteiger partial charge in [0.1, 0.15) is 6.04 Å². The zero-order valence-electron chi connectivity index (χ0n) is 27.3. The number of nitrogens with zero attached hydrogens (tertiary/aromatic N) is 5. The Hall–Kier alpha value is -3.50. The van der Waals surface area contributed by atoms with Crippen LogP contribution in [0.1, 0.15) is 42.4 Å². The summed E-state index contributed by atoms with van der Waals surface area (Å²) in [5, 5.41) is 10.5. The maximum Gasteiger partial charge on any atom is 0.322 e. The van der Waals surface area contributed by atoms with Crippen LogP contribution in [-0.2, 0) is 17.6 Å². The van der Waals surface area contributed by atoms with E-state index < -0.39 is 6.04 Å². The predicted octanol–water partition coefficient (Wildman–Crippen LogP) is 3.38. The van der Waals surface area contributed by atoms with Crippen LogP contribution in [0.5, 0.6) is 0 Å². The minimum atomic E-state index is -0.792. The van der Waals surface area contributed by atoms with Crippen LogP contribution in [0.2, 0.25) is 5.02 Å². The van der Waals surface area contributed by atoms with E-state index >= 15 is 0 Å². The molecule has 4 N–H and O–H groups in total. The van der Waals surface area contributed by atoms with Gasteiger partial charge in [0.25, 0.3) is 0 Å². The van der Waals surface area contributed by atoms with Crippen LogP contribution in [0.4, 0.5) is 21.0 Å². The number of piperidine rings is 4. The first kappa shape index (κ1) is 33.0. The number of likely N-dealkylation sites (tertiary alicyclic amines) is 1. The van der Waals surface area contributed by atoms with Gasteiger partial charge in [-0.25, -0.2) is 9.59 Å². The molecule has 0 spiro atoms. The molecule has 48 heavy (non-hydrogen) atoms. The van der Waals surface area contributed by atoms with Gasteiger partial charge in [0, 0.05) is 81.8 Å². The minimum Gasteiger partial charge on any atom is -0.397 e. The molecule has 0 aliphatic carbocycles. The number of anilines is 2. The highest BCUT2D eigenvalue weighted by Crippen LogP contribution is 2.32. The van der Waals surface area contributed by atoms with E-state index in [-0.39, 0.29) is 30.4 Å². The molecule has 256 valence electrons. The minimum absolute atomic E-state index is 0.0470. The van der Waals surface area contributed by atoms with E-state index in [0.717, 1.165) is 43.2 Å². The molecule has 13 heteroatoms. The summed E-state index contributed by atoms with van der Waals surface area (Å²) in [5.74, 6) is 3.23. The molecule has 2 bridgehead atoms. The van der Waals surface area contributed by atoms with E-state index in [0.29, 0.717) is 67.9 Å². The van der Waals surface area contributed by atoms with Gasteiger partial charge in [-0.3, -0.25) is 9.69 Å². The summed E-state index contributed by atoms with van der Waals surface area (Å²) in [6.45, 7) is 8.11. The molecule has 1 aromatic carbocycles. The normalized spacial score (nSPS) is 25.5. The number of nitrogens with two attached hydrogens (primary N) is 1. The third-order valence-electron chi connectivity index (χ3n) is 11.2. The predicted molar refractivity (Wildman–Crippen MR) is 189 cm³/mol. The van der Waals surface area contributed by atoms with Crippen LogP contribution < -0.4 is 16.4 Å². The molecule has 0 saturated carbocycles. The van der Waals surface area contributed by atoms with Crippen LogP contribution in [0.15, 0.2) is 22.9 Å². The highest BCUT2D eigenvalue weighted by Gasteiger charge is 2.40. The fourth-order valence-corrected chi connectivity index (χ4v) is 9.38. The number of halogens is 1. The fourth-order valence-electron chi connectivity index (χ4n) is 8.31. The van der Waals surface area contributed by atoms with Crippen molar-refractivity contribution in [3.8, 4) is 12.3 Å². The zero-order chi connectivity index (χ0) is 33.4. The lowest BCUT2D eigenvalue weighted by molar-refractivity contribution is -0.136. The Morgan fingerprint density at radius 3 is 2.46 bits per heavy atom. The van der Waals surface area contributed by atoms with Crippen molar-refractivity contribution in [1.82, 2.24) is 29.8 Å². The average Bonchev–Trinajstić information content (AvgIpc) is 3.49. The maximum atomic E-state index is 14.2. The van der Waals surface area contributed by atoms with E-state index in [1.807, 2.05) is 15.2 Å². The van der Waals surface area contributed by atoms with Gasteiger partial charge in [0.05, 0.1) is 16.4 Å². The number of fused-ring (bicyclic) bond motifs is 4. The molecular formula is C35H45ClN8O3S. The van der Waals surface area contributed by atoms with E-state index in [9.17, 15) is 14.4 Å². The molecule has 1 aromatic heterocycles. The molecule has 5 amide bonds. The van der Waals surface area contributed by atoms with Gasteiger partial charge < -0.3 is 36.0 Å². The van der Waals surface area contributed by atoms with E-state index in [4.69, 9.17) is 23.8 Å². The van der Waals surface area contributed by atoms with Gasteiger partial charge in [-0.15, -0.1) is 17.8 Å². The lowest BCUT2D eigenvalue weighted by Crippen LogP contribution is -2.63. The second kappa shape index (κ2) is 14.2. The Kier molecular flexibility index (Phi) is 9.74. The molecule has 1 unspecified atom stereocenters. The van der Waals surface area contributed by atoms with E-state index in [2.05, 4.69) is 31.7 Å². The summed E-state index contributed by atoms with van der Waals surface area (Å²) in [5.41, 5.74) is 9.69. The number of carbonyl (C=O) groups is 3. The first-order valence-electron chi connectivity index (χ1n) is 17.2. The molecular weight excluding hydrogens is 648 g/mol. The topological polar surface area (TPSA) is 117 Å². The Balaban J connectivity index is 0.998. The Bertz CT molecular complexity index is 1570. The van der Waals surface area contributed by atoms with Gasteiger partial charge in [-0.1, -0.05) is 17.5 Å². The summed E-state index contributed by atoms with van der Waals surface area (Å²) >= 11 is 8.02. The van der Waals surface area contributed by atoms with Gasteiger partial charge in [-0.2, -0.15) is 0 Å². The Morgan fingerprint density at radius 2 is 1.77 bits per heavy atom. The van der Waals surface area contributed by atoms with Crippen LogP contribution in [-0.4, -0.2) is 126 Å². The highest BCUT2D eigenvalue weighted by molar-refractivity contribution is 7.08. The van der Waals surface area contributed by atoms with E-state index in [1.54, 1.807) is 28.4 Å². The van der Waals surface area contributed by atoms with Crippen molar-refractivity contribution in [2.75, 3.05) is 76.5 Å². The summed E-state index contributed by atoms with van der Waals surface area (Å²) in [6.07, 6.45) is 10.6. The third-order valence-corrected chi connectivity index (χ3v) is 12.3. The van der Waals surface area contributed by atoms with Crippen LogP contribution in [0.25, 0.3) is 0 Å². The number of nitrogen functional groups attached to an aromatic ring is 1. The molecule has 0 radical (unpaired) electrons. The Labute approximate surface area is 291 Å².